The van der Waals surface area contributed by atoms with Crippen LogP contribution < -0.4 is 10.1 Å². The number of ketones is 1. The molecule has 2 aromatic heterocycles. The van der Waals surface area contributed by atoms with Gasteiger partial charge in [-0.1, -0.05) is 18.2 Å². The van der Waals surface area contributed by atoms with Gasteiger partial charge in [0.2, 0.25) is 5.95 Å². The van der Waals surface area contributed by atoms with Crippen LogP contribution in [-0.4, -0.2) is 32.3 Å². The third kappa shape index (κ3) is 3.00. The molecule has 1 aliphatic carbocycles. The number of anilines is 1. The summed E-state index contributed by atoms with van der Waals surface area (Å²) < 4.78 is 7.37. The molecule has 2 N–H and O–H groups in total. The average molecular weight is 408 g/mol. The summed E-state index contributed by atoms with van der Waals surface area (Å²) in [4.78, 5) is 18.6. The van der Waals surface area contributed by atoms with E-state index in [0.717, 1.165) is 22.6 Å². The maximum absolute atomic E-state index is 12.9. The second-order valence-corrected chi connectivity index (χ2v) is 8.00. The third-order valence-electron chi connectivity index (χ3n) is 5.27. The minimum Gasteiger partial charge on any atom is -0.504 e. The Balaban J connectivity index is 1.67. The van der Waals surface area contributed by atoms with Gasteiger partial charge in [-0.25, -0.2) is 4.68 Å². The van der Waals surface area contributed by atoms with Crippen LogP contribution in [0.2, 0.25) is 0 Å². The van der Waals surface area contributed by atoms with Crippen molar-refractivity contribution < 1.29 is 14.6 Å². The van der Waals surface area contributed by atoms with Crippen molar-refractivity contribution in [1.29, 1.82) is 0 Å². The molecule has 0 radical (unpaired) electrons. The van der Waals surface area contributed by atoms with Gasteiger partial charge in [0.05, 0.1) is 23.4 Å². The van der Waals surface area contributed by atoms with Crippen LogP contribution in [0, 0.1) is 5.92 Å². The lowest BCUT2D eigenvalue weighted by atomic mass is 9.81. The molecule has 3 heterocycles. The summed E-state index contributed by atoms with van der Waals surface area (Å²) in [5.41, 5.74) is 1.72. The van der Waals surface area contributed by atoms with E-state index >= 15 is 0 Å². The SMILES string of the molecule is CCOc1cc([C@@H]2[C@H]3C(=O)CCC=C3Nc3nc(-c4cccs4)nn32)ccc1O. The van der Waals surface area contributed by atoms with Gasteiger partial charge in [0.25, 0.3) is 0 Å². The van der Waals surface area contributed by atoms with Crippen LogP contribution in [0.5, 0.6) is 11.5 Å². The summed E-state index contributed by atoms with van der Waals surface area (Å²) >= 11 is 1.57. The molecule has 3 aromatic rings. The van der Waals surface area contributed by atoms with Gasteiger partial charge < -0.3 is 15.2 Å². The second-order valence-electron chi connectivity index (χ2n) is 7.05. The number of ether oxygens (including phenoxy) is 1. The van der Waals surface area contributed by atoms with Crippen molar-refractivity contribution >= 4 is 23.1 Å². The molecule has 0 spiro atoms. The number of phenolic OH excluding ortho intramolecular Hbond substituents is 1. The molecule has 0 bridgehead atoms. The smallest absolute Gasteiger partial charge is 0.226 e. The molecule has 8 heteroatoms. The van der Waals surface area contributed by atoms with Gasteiger partial charge in [0, 0.05) is 12.1 Å². The molecule has 0 saturated carbocycles. The maximum atomic E-state index is 12.9. The Kier molecular flexibility index (Phi) is 4.35. The van der Waals surface area contributed by atoms with E-state index in [0.29, 0.717) is 30.5 Å². The van der Waals surface area contributed by atoms with Crippen molar-refractivity contribution in [1.82, 2.24) is 14.8 Å². The Labute approximate surface area is 171 Å². The Hall–Kier alpha value is -3.13. The number of hydrogen-bond acceptors (Lipinski definition) is 7. The molecule has 5 rings (SSSR count). The number of nitrogens with zero attached hydrogens (tertiary/aromatic N) is 3. The molecule has 2 aliphatic rings. The van der Waals surface area contributed by atoms with Crippen LogP contribution >= 0.6 is 11.3 Å². The quantitative estimate of drug-likeness (QED) is 0.679. The van der Waals surface area contributed by atoms with Crippen LogP contribution in [0.4, 0.5) is 5.95 Å². The number of hydrogen-bond donors (Lipinski definition) is 2. The highest BCUT2D eigenvalue weighted by molar-refractivity contribution is 7.13. The summed E-state index contributed by atoms with van der Waals surface area (Å²) in [6, 6.07) is 8.81. The third-order valence-corrected chi connectivity index (χ3v) is 6.14. The second kappa shape index (κ2) is 7.04. The minimum atomic E-state index is -0.367. The monoisotopic (exact) mass is 408 g/mol. The molecule has 2 atom stereocenters. The fraction of sp³-hybridized carbons (Fsp3) is 0.286. The highest BCUT2D eigenvalue weighted by Gasteiger charge is 2.42. The average Bonchev–Trinajstić information content (AvgIpc) is 3.38. The zero-order valence-corrected chi connectivity index (χ0v) is 16.6. The fourth-order valence-electron chi connectivity index (χ4n) is 4.00. The fourth-order valence-corrected chi connectivity index (χ4v) is 4.66. The van der Waals surface area contributed by atoms with Gasteiger partial charge in [-0.2, -0.15) is 4.98 Å². The van der Waals surface area contributed by atoms with Crippen LogP contribution in [0.1, 0.15) is 31.4 Å². The molecule has 0 fully saturated rings. The Morgan fingerprint density at radius 3 is 3.07 bits per heavy atom. The number of aromatic nitrogens is 3. The molecular formula is C21H20N4O3S. The van der Waals surface area contributed by atoms with E-state index in [1.54, 1.807) is 28.2 Å². The number of rotatable bonds is 4. The number of aromatic hydroxyl groups is 1. The molecule has 0 unspecified atom stereocenters. The van der Waals surface area contributed by atoms with E-state index in [1.807, 2.05) is 30.5 Å². The summed E-state index contributed by atoms with van der Waals surface area (Å²) in [5.74, 6) is 1.52. The van der Waals surface area contributed by atoms with Crippen LogP contribution in [0.15, 0.2) is 47.5 Å². The summed E-state index contributed by atoms with van der Waals surface area (Å²) in [6.07, 6.45) is 3.30. The van der Waals surface area contributed by atoms with Crippen molar-refractivity contribution in [3.8, 4) is 22.2 Å². The first-order valence-corrected chi connectivity index (χ1v) is 10.5. The highest BCUT2D eigenvalue weighted by Crippen LogP contribution is 2.43. The Bertz CT molecular complexity index is 1100. The van der Waals surface area contributed by atoms with Crippen LogP contribution in [-0.2, 0) is 4.79 Å². The van der Waals surface area contributed by atoms with E-state index in [-0.39, 0.29) is 23.5 Å². The van der Waals surface area contributed by atoms with Gasteiger partial charge in [0.15, 0.2) is 17.3 Å². The summed E-state index contributed by atoms with van der Waals surface area (Å²) in [7, 11) is 0. The maximum Gasteiger partial charge on any atom is 0.226 e. The van der Waals surface area contributed by atoms with Gasteiger partial charge >= 0.3 is 0 Å². The van der Waals surface area contributed by atoms with Gasteiger partial charge in [-0.05, 0) is 42.5 Å². The lowest BCUT2D eigenvalue weighted by molar-refractivity contribution is -0.123. The zero-order valence-electron chi connectivity index (χ0n) is 15.8. The molecule has 7 nitrogen and oxygen atoms in total. The number of allylic oxidation sites excluding steroid dienone is 2. The van der Waals surface area contributed by atoms with Crippen molar-refractivity contribution in [2.75, 3.05) is 11.9 Å². The largest absolute Gasteiger partial charge is 0.504 e. The molecule has 1 aromatic carbocycles. The van der Waals surface area contributed by atoms with E-state index in [9.17, 15) is 9.90 Å². The molecule has 1 aliphatic heterocycles. The normalized spacial score (nSPS) is 20.4. The van der Waals surface area contributed by atoms with Gasteiger partial charge in [-0.15, -0.1) is 16.4 Å². The molecule has 148 valence electrons. The van der Waals surface area contributed by atoms with Crippen molar-refractivity contribution in [3.05, 3.63) is 53.0 Å². The molecule has 0 amide bonds. The first-order valence-electron chi connectivity index (χ1n) is 9.61. The standard InChI is InChI=1S/C21H20N4O3S/c1-2-28-16-11-12(8-9-14(16)26)19-18-13(5-3-6-15(18)27)22-21-23-20(24-25(19)21)17-7-4-10-29-17/h4-5,7-11,18-19,26H,2-3,6H2,1H3,(H,22,23,24)/t18-,19-/m1/s1. The number of carbonyl (C=O) groups excluding carboxylic acids is 1. The first-order chi connectivity index (χ1) is 14.2. The molecular weight excluding hydrogens is 388 g/mol. The van der Waals surface area contributed by atoms with Crippen molar-refractivity contribution in [2.24, 2.45) is 5.92 Å². The molecule has 0 saturated heterocycles. The predicted octanol–water partition coefficient (Wildman–Crippen LogP) is 3.99. The Morgan fingerprint density at radius 2 is 2.28 bits per heavy atom. The number of fused-ring (bicyclic) bond motifs is 2. The summed E-state index contributed by atoms with van der Waals surface area (Å²) in [6.45, 7) is 2.30. The lowest BCUT2D eigenvalue weighted by Gasteiger charge is -2.36. The lowest BCUT2D eigenvalue weighted by Crippen LogP contribution is -2.38. The van der Waals surface area contributed by atoms with Gasteiger partial charge in [0.1, 0.15) is 5.78 Å². The number of phenols is 1. The van der Waals surface area contributed by atoms with Gasteiger partial charge in [-0.3, -0.25) is 4.79 Å². The number of thiophene rings is 1. The topological polar surface area (TPSA) is 89.3 Å². The first kappa shape index (κ1) is 17.9. The number of Topliss-reactive ketones (excluding diaryl/α,β-unsaturated/α-hetero) is 1. The number of nitrogens with one attached hydrogen (secondary N) is 1. The van der Waals surface area contributed by atoms with Crippen LogP contribution in [0.25, 0.3) is 10.7 Å². The molecule has 29 heavy (non-hydrogen) atoms. The van der Waals surface area contributed by atoms with Crippen molar-refractivity contribution in [2.45, 2.75) is 25.8 Å². The highest BCUT2D eigenvalue weighted by atomic mass is 32.1. The van der Waals surface area contributed by atoms with E-state index in [1.165, 1.54) is 0 Å². The van der Waals surface area contributed by atoms with E-state index < -0.39 is 0 Å². The predicted molar refractivity (Wildman–Crippen MR) is 110 cm³/mol. The number of carbonyl (C=O) groups is 1. The zero-order chi connectivity index (χ0) is 20.0. The summed E-state index contributed by atoms with van der Waals surface area (Å²) in [5, 5.41) is 20.2. The minimum absolute atomic E-state index is 0.0772. The van der Waals surface area contributed by atoms with Crippen molar-refractivity contribution in [3.63, 3.8) is 0 Å². The van der Waals surface area contributed by atoms with E-state index in [2.05, 4.69) is 16.4 Å². The Morgan fingerprint density at radius 1 is 1.38 bits per heavy atom. The van der Waals surface area contributed by atoms with E-state index in [4.69, 9.17) is 9.84 Å². The van der Waals surface area contributed by atoms with Crippen LogP contribution in [0.3, 0.4) is 0 Å². The number of benzene rings is 1.